The van der Waals surface area contributed by atoms with Gasteiger partial charge in [-0.05, 0) is 55.2 Å². The summed E-state index contributed by atoms with van der Waals surface area (Å²) in [6.45, 7) is 6.60. The molecule has 0 aliphatic heterocycles. The molecule has 1 heterocycles. The van der Waals surface area contributed by atoms with Gasteiger partial charge in [0.05, 0.1) is 0 Å². The van der Waals surface area contributed by atoms with Crippen molar-refractivity contribution in [3.63, 3.8) is 0 Å². The van der Waals surface area contributed by atoms with Crippen LogP contribution in [0.2, 0.25) is 0 Å². The Bertz CT molecular complexity index is 475. The van der Waals surface area contributed by atoms with E-state index in [-0.39, 0.29) is 0 Å². The summed E-state index contributed by atoms with van der Waals surface area (Å²) in [5, 5.41) is 3.62. The first kappa shape index (κ1) is 14.8. The molecule has 0 saturated heterocycles. The van der Waals surface area contributed by atoms with E-state index in [4.69, 9.17) is 4.98 Å². The standard InChI is InChI=1S/C18H29N3/c1-13(2)17-9-15(11-19-16-7-8-16)10-18(20-17)21(3)12-14-5-4-6-14/h9-10,13-14,16,19H,4-8,11-12H2,1-3H3. The van der Waals surface area contributed by atoms with Crippen molar-refractivity contribution in [2.45, 2.75) is 64.5 Å². The first-order chi connectivity index (χ1) is 10.1. The lowest BCUT2D eigenvalue weighted by Crippen LogP contribution is -2.30. The Morgan fingerprint density at radius 3 is 2.57 bits per heavy atom. The molecule has 0 radical (unpaired) electrons. The lowest BCUT2D eigenvalue weighted by Gasteiger charge is -2.31. The van der Waals surface area contributed by atoms with Crippen LogP contribution in [0.1, 0.15) is 63.1 Å². The van der Waals surface area contributed by atoms with Gasteiger partial charge in [-0.1, -0.05) is 20.3 Å². The summed E-state index contributed by atoms with van der Waals surface area (Å²) in [4.78, 5) is 7.24. The molecule has 2 aliphatic rings. The van der Waals surface area contributed by atoms with Crippen LogP contribution in [-0.4, -0.2) is 24.6 Å². The summed E-state index contributed by atoms with van der Waals surface area (Å²) in [6, 6.07) is 5.32. The molecule has 1 N–H and O–H groups in total. The molecule has 0 aromatic carbocycles. The van der Waals surface area contributed by atoms with Crippen LogP contribution in [0.5, 0.6) is 0 Å². The SMILES string of the molecule is CC(C)c1cc(CNC2CC2)cc(N(C)CC2CCC2)n1. The Kier molecular flexibility index (Phi) is 4.48. The van der Waals surface area contributed by atoms with Crippen LogP contribution in [0.4, 0.5) is 5.82 Å². The van der Waals surface area contributed by atoms with Crippen LogP contribution in [0, 0.1) is 5.92 Å². The van der Waals surface area contributed by atoms with Gasteiger partial charge in [0.1, 0.15) is 5.82 Å². The van der Waals surface area contributed by atoms with E-state index in [1.165, 1.54) is 43.4 Å². The molecule has 1 aromatic heterocycles. The van der Waals surface area contributed by atoms with Gasteiger partial charge in [-0.3, -0.25) is 0 Å². The highest BCUT2D eigenvalue weighted by molar-refractivity contribution is 5.42. The Morgan fingerprint density at radius 1 is 1.24 bits per heavy atom. The van der Waals surface area contributed by atoms with Crippen molar-refractivity contribution in [1.82, 2.24) is 10.3 Å². The molecular formula is C18H29N3. The van der Waals surface area contributed by atoms with Crippen LogP contribution >= 0.6 is 0 Å². The Morgan fingerprint density at radius 2 is 2.00 bits per heavy atom. The largest absolute Gasteiger partial charge is 0.359 e. The minimum absolute atomic E-state index is 0.488. The van der Waals surface area contributed by atoms with Crippen molar-refractivity contribution in [2.24, 2.45) is 5.92 Å². The third-order valence-corrected chi connectivity index (χ3v) is 4.80. The summed E-state index contributed by atoms with van der Waals surface area (Å²) >= 11 is 0. The van der Waals surface area contributed by atoms with Crippen LogP contribution in [-0.2, 0) is 6.54 Å². The van der Waals surface area contributed by atoms with E-state index in [0.717, 1.165) is 30.9 Å². The summed E-state index contributed by atoms with van der Waals surface area (Å²) in [7, 11) is 2.20. The smallest absolute Gasteiger partial charge is 0.128 e. The van der Waals surface area contributed by atoms with E-state index in [2.05, 4.69) is 43.2 Å². The van der Waals surface area contributed by atoms with E-state index >= 15 is 0 Å². The number of hydrogen-bond donors (Lipinski definition) is 1. The zero-order valence-corrected chi connectivity index (χ0v) is 13.7. The Balaban J connectivity index is 1.72. The van der Waals surface area contributed by atoms with Crippen LogP contribution in [0.25, 0.3) is 0 Å². The lowest BCUT2D eigenvalue weighted by atomic mass is 9.85. The lowest BCUT2D eigenvalue weighted by molar-refractivity contribution is 0.321. The molecule has 0 unspecified atom stereocenters. The van der Waals surface area contributed by atoms with Crippen molar-refractivity contribution >= 4 is 5.82 Å². The topological polar surface area (TPSA) is 28.2 Å². The maximum atomic E-state index is 4.89. The molecule has 2 aliphatic carbocycles. The monoisotopic (exact) mass is 287 g/mol. The van der Waals surface area contributed by atoms with Crippen molar-refractivity contribution in [3.05, 3.63) is 23.4 Å². The second-order valence-electron chi connectivity index (χ2n) is 7.25. The molecule has 3 heteroatoms. The molecule has 1 aromatic rings. The maximum absolute atomic E-state index is 4.89. The number of aromatic nitrogens is 1. The fourth-order valence-electron chi connectivity index (χ4n) is 2.89. The van der Waals surface area contributed by atoms with Crippen LogP contribution in [0.15, 0.2) is 12.1 Å². The van der Waals surface area contributed by atoms with Crippen molar-refractivity contribution in [1.29, 1.82) is 0 Å². The minimum atomic E-state index is 0.488. The zero-order chi connectivity index (χ0) is 14.8. The van der Waals surface area contributed by atoms with E-state index < -0.39 is 0 Å². The molecule has 0 atom stereocenters. The van der Waals surface area contributed by atoms with Gasteiger partial charge in [-0.2, -0.15) is 0 Å². The van der Waals surface area contributed by atoms with Crippen LogP contribution < -0.4 is 10.2 Å². The summed E-state index contributed by atoms with van der Waals surface area (Å²) in [6.07, 6.45) is 6.89. The summed E-state index contributed by atoms with van der Waals surface area (Å²) in [5.41, 5.74) is 2.61. The highest BCUT2D eigenvalue weighted by atomic mass is 15.2. The van der Waals surface area contributed by atoms with Gasteiger partial charge in [0.15, 0.2) is 0 Å². The van der Waals surface area contributed by atoms with E-state index in [0.29, 0.717) is 5.92 Å². The van der Waals surface area contributed by atoms with Gasteiger partial charge >= 0.3 is 0 Å². The van der Waals surface area contributed by atoms with Gasteiger partial charge in [0.2, 0.25) is 0 Å². The third-order valence-electron chi connectivity index (χ3n) is 4.80. The fraction of sp³-hybridized carbons (Fsp3) is 0.722. The average molecular weight is 287 g/mol. The molecule has 0 bridgehead atoms. The molecular weight excluding hydrogens is 258 g/mol. The second-order valence-corrected chi connectivity index (χ2v) is 7.25. The minimum Gasteiger partial charge on any atom is -0.359 e. The van der Waals surface area contributed by atoms with Crippen molar-refractivity contribution in [2.75, 3.05) is 18.5 Å². The number of anilines is 1. The third kappa shape index (κ3) is 3.97. The van der Waals surface area contributed by atoms with Gasteiger partial charge in [-0.25, -0.2) is 4.98 Å². The van der Waals surface area contributed by atoms with Crippen molar-refractivity contribution in [3.8, 4) is 0 Å². The molecule has 3 rings (SSSR count). The van der Waals surface area contributed by atoms with Crippen molar-refractivity contribution < 1.29 is 0 Å². The normalized spacial score (nSPS) is 18.9. The first-order valence-corrected chi connectivity index (χ1v) is 8.57. The number of pyridine rings is 1. The highest BCUT2D eigenvalue weighted by Crippen LogP contribution is 2.29. The number of nitrogens with zero attached hydrogens (tertiary/aromatic N) is 2. The Hall–Kier alpha value is -1.09. The molecule has 0 amide bonds. The zero-order valence-electron chi connectivity index (χ0n) is 13.7. The molecule has 2 saturated carbocycles. The molecule has 2 fully saturated rings. The number of rotatable bonds is 7. The predicted molar refractivity (Wildman–Crippen MR) is 88.8 cm³/mol. The van der Waals surface area contributed by atoms with Gasteiger partial charge in [-0.15, -0.1) is 0 Å². The van der Waals surface area contributed by atoms with Gasteiger partial charge in [0, 0.05) is 31.9 Å². The molecule has 116 valence electrons. The fourth-order valence-corrected chi connectivity index (χ4v) is 2.89. The van der Waals surface area contributed by atoms with Gasteiger partial charge < -0.3 is 10.2 Å². The summed E-state index contributed by atoms with van der Waals surface area (Å²) < 4.78 is 0. The maximum Gasteiger partial charge on any atom is 0.128 e. The Labute approximate surface area is 129 Å². The van der Waals surface area contributed by atoms with E-state index in [1.807, 2.05) is 0 Å². The van der Waals surface area contributed by atoms with E-state index in [1.54, 1.807) is 0 Å². The molecule has 3 nitrogen and oxygen atoms in total. The second kappa shape index (κ2) is 6.35. The average Bonchev–Trinajstić information content (AvgIpc) is 3.24. The molecule has 21 heavy (non-hydrogen) atoms. The highest BCUT2D eigenvalue weighted by Gasteiger charge is 2.22. The number of nitrogens with one attached hydrogen (secondary N) is 1. The van der Waals surface area contributed by atoms with Gasteiger partial charge in [0.25, 0.3) is 0 Å². The first-order valence-electron chi connectivity index (χ1n) is 8.57. The van der Waals surface area contributed by atoms with E-state index in [9.17, 15) is 0 Å². The number of hydrogen-bond acceptors (Lipinski definition) is 3. The predicted octanol–water partition coefficient (Wildman–Crippen LogP) is 3.69. The molecule has 0 spiro atoms. The summed E-state index contributed by atoms with van der Waals surface area (Å²) in [5.74, 6) is 2.52. The van der Waals surface area contributed by atoms with Crippen LogP contribution in [0.3, 0.4) is 0 Å². The quantitative estimate of drug-likeness (QED) is 0.829.